The van der Waals surface area contributed by atoms with E-state index in [4.69, 9.17) is 14.0 Å². The predicted molar refractivity (Wildman–Crippen MR) is 122 cm³/mol. The number of aromatic nitrogens is 1. The summed E-state index contributed by atoms with van der Waals surface area (Å²) in [4.78, 5) is 4.88. The Kier molecular flexibility index (Phi) is 5.98. The first-order valence-electron chi connectivity index (χ1n) is 10.6. The van der Waals surface area contributed by atoms with E-state index in [0.717, 1.165) is 35.4 Å². The Bertz CT molecular complexity index is 1210. The molecule has 0 atom stereocenters. The molecule has 3 aromatic rings. The molecule has 0 saturated carbocycles. The molecule has 0 radical (unpaired) electrons. The number of nitrogens with zero attached hydrogens (tertiary/aromatic N) is 2. The van der Waals surface area contributed by atoms with E-state index >= 15 is 0 Å². The Morgan fingerprint density at radius 3 is 2.45 bits per heavy atom. The summed E-state index contributed by atoms with van der Waals surface area (Å²) >= 11 is 0. The largest absolute Gasteiger partial charge is 0.453 e. The van der Waals surface area contributed by atoms with Crippen molar-refractivity contribution < 1.29 is 17.4 Å². The van der Waals surface area contributed by atoms with Crippen LogP contribution in [0.1, 0.15) is 38.4 Å². The van der Waals surface area contributed by atoms with Gasteiger partial charge in [-0.2, -0.15) is 13.5 Å². The Morgan fingerprint density at radius 1 is 0.935 bits per heavy atom. The second-order valence-electron chi connectivity index (χ2n) is 7.37. The van der Waals surface area contributed by atoms with Gasteiger partial charge in [0.15, 0.2) is 11.5 Å². The van der Waals surface area contributed by atoms with Crippen molar-refractivity contribution in [2.75, 3.05) is 10.8 Å². The van der Waals surface area contributed by atoms with E-state index in [9.17, 15) is 8.42 Å². The van der Waals surface area contributed by atoms with Crippen LogP contribution in [0.3, 0.4) is 0 Å². The van der Waals surface area contributed by atoms with Crippen molar-refractivity contribution in [1.29, 1.82) is 0 Å². The molecule has 162 valence electrons. The van der Waals surface area contributed by atoms with Crippen molar-refractivity contribution in [2.24, 2.45) is 0 Å². The summed E-state index contributed by atoms with van der Waals surface area (Å²) in [6, 6.07) is 17.0. The second-order valence-corrected chi connectivity index (χ2v) is 9.04. The molecule has 2 heterocycles. The highest BCUT2D eigenvalue weighted by Crippen LogP contribution is 2.51. The number of aryl methyl sites for hydroxylation is 2. The molecule has 0 unspecified atom stereocenters. The van der Waals surface area contributed by atoms with Gasteiger partial charge in [-0.15, -0.1) is 4.28 Å². The fourth-order valence-electron chi connectivity index (χ4n) is 3.68. The van der Waals surface area contributed by atoms with Crippen LogP contribution in [-0.2, 0) is 27.2 Å². The highest BCUT2D eigenvalue weighted by atomic mass is 32.2. The Balaban J connectivity index is 1.95. The third kappa shape index (κ3) is 4.16. The van der Waals surface area contributed by atoms with E-state index in [0.29, 0.717) is 29.3 Å². The van der Waals surface area contributed by atoms with E-state index in [1.165, 1.54) is 5.06 Å². The van der Waals surface area contributed by atoms with Gasteiger partial charge in [0.05, 0.1) is 11.4 Å². The monoisotopic (exact) mass is 438 g/mol. The molecule has 31 heavy (non-hydrogen) atoms. The molecule has 0 amide bonds. The van der Waals surface area contributed by atoms with Crippen molar-refractivity contribution in [2.45, 2.75) is 40.0 Å². The molecule has 2 aromatic carbocycles. The third-order valence-corrected chi connectivity index (χ3v) is 6.47. The number of anilines is 2. The number of hydrogen-bond donors (Lipinski definition) is 0. The number of hydrogen-bond acceptors (Lipinski definition) is 6. The van der Waals surface area contributed by atoms with Crippen LogP contribution < -0.4 is 9.80 Å². The Morgan fingerprint density at radius 2 is 1.71 bits per heavy atom. The highest BCUT2D eigenvalue weighted by Gasteiger charge is 2.32. The summed E-state index contributed by atoms with van der Waals surface area (Å²) < 4.78 is 37.1. The van der Waals surface area contributed by atoms with Gasteiger partial charge in [-0.1, -0.05) is 51.1 Å². The molecular weight excluding hydrogens is 412 g/mol. The number of benzene rings is 2. The van der Waals surface area contributed by atoms with Crippen LogP contribution in [0, 0.1) is 0 Å². The van der Waals surface area contributed by atoms with E-state index in [1.54, 1.807) is 19.1 Å². The molecule has 1 aromatic heterocycles. The number of ether oxygens (including phenoxy) is 1. The summed E-state index contributed by atoms with van der Waals surface area (Å²) in [5, 5.41) is 1.38. The van der Waals surface area contributed by atoms with Gasteiger partial charge in [0.25, 0.3) is 10.1 Å². The van der Waals surface area contributed by atoms with Gasteiger partial charge in [-0.25, -0.2) is 0 Å². The molecule has 0 fully saturated rings. The number of rotatable bonds is 7. The summed E-state index contributed by atoms with van der Waals surface area (Å²) in [5.74, 6) is 0.979. The van der Waals surface area contributed by atoms with E-state index in [2.05, 4.69) is 19.9 Å². The first-order chi connectivity index (χ1) is 15.0. The number of pyridine rings is 1. The molecule has 7 heteroatoms. The smallest absolute Gasteiger partial charge is 0.288 e. The first-order valence-corrected chi connectivity index (χ1v) is 12.2. The van der Waals surface area contributed by atoms with Gasteiger partial charge in [-0.05, 0) is 49.1 Å². The number of fused-ring (bicyclic) bond motifs is 2. The zero-order valence-corrected chi connectivity index (χ0v) is 18.8. The van der Waals surface area contributed by atoms with Crippen LogP contribution in [0.2, 0.25) is 0 Å². The fraction of sp³-hybridized carbons (Fsp3) is 0.292. The van der Waals surface area contributed by atoms with Crippen LogP contribution in [0.25, 0.3) is 11.3 Å². The van der Waals surface area contributed by atoms with E-state index in [1.807, 2.05) is 36.4 Å². The molecule has 4 rings (SSSR count). The molecule has 0 saturated heterocycles. The van der Waals surface area contributed by atoms with Crippen molar-refractivity contribution in [3.05, 3.63) is 65.9 Å². The van der Waals surface area contributed by atoms with Gasteiger partial charge in [0.2, 0.25) is 0 Å². The Labute approximate surface area is 183 Å². The zero-order chi connectivity index (χ0) is 22.0. The maximum atomic E-state index is 12.7. The minimum absolute atomic E-state index is 0.0756. The summed E-state index contributed by atoms with van der Waals surface area (Å²) in [6.07, 6.45) is 2.06. The molecule has 0 aliphatic carbocycles. The van der Waals surface area contributed by atoms with Crippen LogP contribution in [-0.4, -0.2) is 19.2 Å². The Hall–Kier alpha value is -2.90. The van der Waals surface area contributed by atoms with Gasteiger partial charge in [0, 0.05) is 11.3 Å². The average molecular weight is 439 g/mol. The van der Waals surface area contributed by atoms with Crippen LogP contribution >= 0.6 is 0 Å². The second kappa shape index (κ2) is 8.69. The van der Waals surface area contributed by atoms with E-state index < -0.39 is 10.1 Å². The van der Waals surface area contributed by atoms with Gasteiger partial charge in [-0.3, -0.25) is 4.98 Å². The predicted octanol–water partition coefficient (Wildman–Crippen LogP) is 5.79. The normalized spacial score (nSPS) is 12.8. The maximum Gasteiger partial charge on any atom is 0.288 e. The minimum Gasteiger partial charge on any atom is -0.453 e. The summed E-state index contributed by atoms with van der Waals surface area (Å²) in [7, 11) is -3.79. The lowest BCUT2D eigenvalue weighted by atomic mass is 10.00. The SMILES string of the molecule is CCCS(=O)(=O)ON1c2ccccc2Oc2cccc(-c3nc(CC)ccc3CC)c21. The van der Waals surface area contributed by atoms with Gasteiger partial charge < -0.3 is 4.74 Å². The molecule has 0 bridgehead atoms. The lowest BCUT2D eigenvalue weighted by Crippen LogP contribution is -2.27. The molecule has 0 N–H and O–H groups in total. The van der Waals surface area contributed by atoms with E-state index in [-0.39, 0.29) is 5.75 Å². The van der Waals surface area contributed by atoms with Crippen LogP contribution in [0.4, 0.5) is 11.4 Å². The quantitative estimate of drug-likeness (QED) is 0.465. The summed E-state index contributed by atoms with van der Waals surface area (Å²) in [5.41, 5.74) is 4.69. The standard InChI is InChI=1S/C24H26N2O4S/c1-4-16-31(27,28)30-26-20-11-7-8-12-21(20)29-22-13-9-10-19(24(22)26)23-17(5-2)14-15-18(6-3)25-23/h7-15H,4-6,16H2,1-3H3. The topological polar surface area (TPSA) is 68.7 Å². The van der Waals surface area contributed by atoms with Crippen molar-refractivity contribution in [1.82, 2.24) is 4.98 Å². The van der Waals surface area contributed by atoms with Gasteiger partial charge >= 0.3 is 0 Å². The molecule has 0 spiro atoms. The molecule has 1 aliphatic heterocycles. The summed E-state index contributed by atoms with van der Waals surface area (Å²) in [6.45, 7) is 5.94. The lowest BCUT2D eigenvalue weighted by Gasteiger charge is -2.32. The fourth-order valence-corrected chi connectivity index (χ4v) is 4.63. The number of para-hydroxylation sites is 3. The zero-order valence-electron chi connectivity index (χ0n) is 18.0. The van der Waals surface area contributed by atoms with Crippen LogP contribution in [0.15, 0.2) is 54.6 Å². The van der Waals surface area contributed by atoms with Crippen molar-refractivity contribution in [3.63, 3.8) is 0 Å². The van der Waals surface area contributed by atoms with Crippen LogP contribution in [0.5, 0.6) is 11.5 Å². The average Bonchev–Trinajstić information content (AvgIpc) is 2.77. The van der Waals surface area contributed by atoms with Crippen molar-refractivity contribution >= 4 is 21.5 Å². The lowest BCUT2D eigenvalue weighted by molar-refractivity contribution is 0.308. The third-order valence-electron chi connectivity index (χ3n) is 5.18. The first kappa shape index (κ1) is 21.3. The van der Waals surface area contributed by atoms with Gasteiger partial charge in [0.1, 0.15) is 11.4 Å². The molecular formula is C24H26N2O4S. The molecule has 1 aliphatic rings. The molecule has 6 nitrogen and oxygen atoms in total. The minimum atomic E-state index is -3.79. The maximum absolute atomic E-state index is 12.7. The van der Waals surface area contributed by atoms with Crippen molar-refractivity contribution in [3.8, 4) is 22.8 Å². The highest BCUT2D eigenvalue weighted by molar-refractivity contribution is 7.86.